The van der Waals surface area contributed by atoms with Crippen LogP contribution < -0.4 is 9.64 Å². The minimum absolute atomic E-state index is 0.264. The van der Waals surface area contributed by atoms with E-state index in [1.165, 1.54) is 0 Å². The third-order valence-electron chi connectivity index (χ3n) is 6.84. The van der Waals surface area contributed by atoms with E-state index in [9.17, 15) is 4.79 Å². The normalized spacial score (nSPS) is 15.6. The van der Waals surface area contributed by atoms with Crippen molar-refractivity contribution in [3.05, 3.63) is 41.1 Å². The molecule has 10 nitrogen and oxygen atoms in total. The van der Waals surface area contributed by atoms with Gasteiger partial charge in [-0.2, -0.15) is 4.98 Å². The molecule has 2 aromatic heterocycles. The summed E-state index contributed by atoms with van der Waals surface area (Å²) in [5.74, 6) is 2.76. The fourth-order valence-corrected chi connectivity index (χ4v) is 4.90. The first-order valence-corrected chi connectivity index (χ1v) is 13.3. The van der Waals surface area contributed by atoms with Crippen LogP contribution in [0.1, 0.15) is 44.0 Å². The first kappa shape index (κ1) is 27.4. The second kappa shape index (κ2) is 12.3. The summed E-state index contributed by atoms with van der Waals surface area (Å²) in [6, 6.07) is 8.03. The van der Waals surface area contributed by atoms with Crippen LogP contribution >= 0.6 is 0 Å². The van der Waals surface area contributed by atoms with E-state index in [2.05, 4.69) is 46.8 Å². The highest BCUT2D eigenvalue weighted by atomic mass is 16.7. The van der Waals surface area contributed by atoms with Crippen molar-refractivity contribution < 1.29 is 23.9 Å². The average molecular weight is 524 g/mol. The van der Waals surface area contributed by atoms with Crippen molar-refractivity contribution in [1.29, 1.82) is 0 Å². The van der Waals surface area contributed by atoms with Crippen LogP contribution in [0.3, 0.4) is 0 Å². The summed E-state index contributed by atoms with van der Waals surface area (Å²) in [4.78, 5) is 24.5. The highest BCUT2D eigenvalue weighted by Gasteiger charge is 2.25. The number of carbonyl (C=O) groups is 1. The van der Waals surface area contributed by atoms with E-state index < -0.39 is 6.16 Å². The van der Waals surface area contributed by atoms with Crippen LogP contribution in [0.2, 0.25) is 0 Å². The van der Waals surface area contributed by atoms with E-state index in [4.69, 9.17) is 24.1 Å². The standard InChI is InChI=1S/C28H37N5O5/c1-6-20-15-21(13-18(4)25(20)36-12-11-32-10-9-23(17-32)37-28(34)35)26-30-27(38-31-26)22-14-19(5)29-24(16-22)33(7-2)8-3/h13-16,23H,6-12,17H2,1-5H3,(H,34,35)/t23-/m1/s1. The van der Waals surface area contributed by atoms with Crippen molar-refractivity contribution in [1.82, 2.24) is 20.0 Å². The summed E-state index contributed by atoms with van der Waals surface area (Å²) in [6.07, 6.45) is 0.0248. The number of likely N-dealkylation sites (tertiary alicyclic amines) is 1. The zero-order valence-corrected chi connectivity index (χ0v) is 22.9. The number of hydrogen-bond donors (Lipinski definition) is 1. The third kappa shape index (κ3) is 6.42. The lowest BCUT2D eigenvalue weighted by Crippen LogP contribution is -2.28. The van der Waals surface area contributed by atoms with Gasteiger partial charge in [0.05, 0.1) is 0 Å². The first-order valence-electron chi connectivity index (χ1n) is 13.3. The molecule has 1 N–H and O–H groups in total. The Bertz CT molecular complexity index is 1260. The summed E-state index contributed by atoms with van der Waals surface area (Å²) < 4.78 is 16.8. The summed E-state index contributed by atoms with van der Waals surface area (Å²) in [6.45, 7) is 14.7. The number of rotatable bonds is 11. The quantitative estimate of drug-likeness (QED) is 0.345. The van der Waals surface area contributed by atoms with Crippen LogP contribution in [0, 0.1) is 13.8 Å². The van der Waals surface area contributed by atoms with Crippen LogP contribution in [-0.2, 0) is 11.2 Å². The lowest BCUT2D eigenvalue weighted by molar-refractivity contribution is 0.0545. The number of anilines is 1. The minimum Gasteiger partial charge on any atom is -0.492 e. The summed E-state index contributed by atoms with van der Waals surface area (Å²) in [7, 11) is 0. The Morgan fingerprint density at radius 1 is 1.13 bits per heavy atom. The van der Waals surface area contributed by atoms with Gasteiger partial charge in [0.1, 0.15) is 24.3 Å². The van der Waals surface area contributed by atoms with E-state index in [1.54, 1.807) is 0 Å². The molecule has 0 spiro atoms. The Morgan fingerprint density at radius 2 is 1.92 bits per heavy atom. The van der Waals surface area contributed by atoms with Crippen molar-refractivity contribution in [3.63, 3.8) is 0 Å². The maximum Gasteiger partial charge on any atom is 0.506 e. The van der Waals surface area contributed by atoms with Crippen molar-refractivity contribution in [2.24, 2.45) is 0 Å². The smallest absolute Gasteiger partial charge is 0.492 e. The molecule has 38 heavy (non-hydrogen) atoms. The third-order valence-corrected chi connectivity index (χ3v) is 6.84. The van der Waals surface area contributed by atoms with Crippen LogP contribution in [0.4, 0.5) is 10.6 Å². The van der Waals surface area contributed by atoms with Gasteiger partial charge in [-0.3, -0.25) is 4.90 Å². The van der Waals surface area contributed by atoms with Gasteiger partial charge in [-0.15, -0.1) is 0 Å². The largest absolute Gasteiger partial charge is 0.506 e. The maximum atomic E-state index is 10.8. The molecule has 4 rings (SSSR count). The van der Waals surface area contributed by atoms with Crippen LogP contribution in [0.5, 0.6) is 5.75 Å². The van der Waals surface area contributed by atoms with Gasteiger partial charge in [0.15, 0.2) is 0 Å². The lowest BCUT2D eigenvalue weighted by atomic mass is 10.0. The van der Waals surface area contributed by atoms with E-state index in [1.807, 2.05) is 32.0 Å². The zero-order chi connectivity index (χ0) is 27.2. The topological polar surface area (TPSA) is 114 Å². The summed E-state index contributed by atoms with van der Waals surface area (Å²) >= 11 is 0. The molecule has 0 aliphatic carbocycles. The number of pyridine rings is 1. The highest BCUT2D eigenvalue weighted by Crippen LogP contribution is 2.32. The van der Waals surface area contributed by atoms with E-state index in [0.717, 1.165) is 65.6 Å². The van der Waals surface area contributed by atoms with Crippen LogP contribution in [-0.4, -0.2) is 76.7 Å². The molecule has 1 atom stereocenters. The molecule has 1 saturated heterocycles. The van der Waals surface area contributed by atoms with Gasteiger partial charge in [-0.1, -0.05) is 12.1 Å². The van der Waals surface area contributed by atoms with E-state index in [0.29, 0.717) is 37.8 Å². The van der Waals surface area contributed by atoms with Crippen molar-refractivity contribution in [3.8, 4) is 28.6 Å². The van der Waals surface area contributed by atoms with Crippen LogP contribution in [0.25, 0.3) is 22.8 Å². The van der Waals surface area contributed by atoms with Gasteiger partial charge >= 0.3 is 6.16 Å². The molecule has 0 unspecified atom stereocenters. The van der Waals surface area contributed by atoms with Gasteiger partial charge in [0.2, 0.25) is 5.82 Å². The first-order chi connectivity index (χ1) is 18.3. The number of aromatic nitrogens is 3. The molecule has 3 aromatic rings. The molecular weight excluding hydrogens is 486 g/mol. The Kier molecular flexibility index (Phi) is 8.83. The number of hydrogen-bond acceptors (Lipinski definition) is 9. The monoisotopic (exact) mass is 523 g/mol. The van der Waals surface area contributed by atoms with Crippen molar-refractivity contribution in [2.45, 2.75) is 53.6 Å². The molecular formula is C28H37N5O5. The van der Waals surface area contributed by atoms with Crippen molar-refractivity contribution >= 4 is 12.0 Å². The number of benzene rings is 1. The fourth-order valence-electron chi connectivity index (χ4n) is 4.90. The Hall–Kier alpha value is -3.66. The highest BCUT2D eigenvalue weighted by molar-refractivity contribution is 5.65. The molecule has 0 radical (unpaired) electrons. The van der Waals surface area contributed by atoms with E-state index >= 15 is 0 Å². The predicted molar refractivity (Wildman–Crippen MR) is 145 cm³/mol. The lowest BCUT2D eigenvalue weighted by Gasteiger charge is -2.20. The molecule has 3 heterocycles. The number of nitrogens with zero attached hydrogens (tertiary/aromatic N) is 5. The molecule has 0 saturated carbocycles. The second-order valence-electron chi connectivity index (χ2n) is 9.53. The summed E-state index contributed by atoms with van der Waals surface area (Å²) in [5.41, 5.74) is 4.70. The van der Waals surface area contributed by atoms with Gasteiger partial charge in [0, 0.05) is 49.5 Å². The fraction of sp³-hybridized carbons (Fsp3) is 0.500. The number of carboxylic acid groups (broad SMARTS) is 1. The maximum absolute atomic E-state index is 10.8. The van der Waals surface area contributed by atoms with E-state index in [-0.39, 0.29) is 6.10 Å². The Labute approximate surface area is 223 Å². The average Bonchev–Trinajstić information content (AvgIpc) is 3.55. The Balaban J connectivity index is 1.47. The van der Waals surface area contributed by atoms with Gasteiger partial charge in [-0.05, 0) is 75.9 Å². The molecule has 10 heteroatoms. The number of ether oxygens (including phenoxy) is 2. The molecule has 204 valence electrons. The van der Waals surface area contributed by atoms with Gasteiger partial charge in [-0.25, -0.2) is 9.78 Å². The minimum atomic E-state index is -1.22. The molecule has 0 bridgehead atoms. The zero-order valence-electron chi connectivity index (χ0n) is 22.9. The number of aryl methyl sites for hydroxylation is 3. The molecule has 1 aliphatic heterocycles. The molecule has 1 aliphatic rings. The van der Waals surface area contributed by atoms with Crippen LogP contribution in [0.15, 0.2) is 28.8 Å². The second-order valence-corrected chi connectivity index (χ2v) is 9.53. The summed E-state index contributed by atoms with van der Waals surface area (Å²) in [5, 5.41) is 13.1. The molecule has 0 amide bonds. The van der Waals surface area contributed by atoms with Gasteiger partial charge < -0.3 is 24.0 Å². The predicted octanol–water partition coefficient (Wildman–Crippen LogP) is 4.97. The SMILES string of the molecule is CCc1cc(-c2noc(-c3cc(C)nc(N(CC)CC)c3)n2)cc(C)c1OCCN1CC[C@@H](OC(=O)O)C1. The molecule has 1 fully saturated rings. The Morgan fingerprint density at radius 3 is 2.63 bits per heavy atom. The van der Waals surface area contributed by atoms with Crippen molar-refractivity contribution in [2.75, 3.05) is 44.2 Å². The molecule has 1 aromatic carbocycles. The van der Waals surface area contributed by atoms with Gasteiger partial charge in [0.25, 0.3) is 5.89 Å².